The topological polar surface area (TPSA) is 15.3 Å². The van der Waals surface area contributed by atoms with E-state index < -0.39 is 0 Å². The third kappa shape index (κ3) is 3.80. The van der Waals surface area contributed by atoms with Crippen LogP contribution in [0.2, 0.25) is 0 Å². The smallest absolute Gasteiger partial charge is 0.0328 e. The van der Waals surface area contributed by atoms with Gasteiger partial charge >= 0.3 is 0 Å². The van der Waals surface area contributed by atoms with Crippen molar-refractivity contribution in [2.45, 2.75) is 33.2 Å². The molecule has 3 heteroatoms. The first-order valence-electron chi connectivity index (χ1n) is 6.82. The number of thiophene rings is 1. The molecule has 1 unspecified atom stereocenters. The van der Waals surface area contributed by atoms with Crippen LogP contribution < -0.4 is 5.32 Å². The molecule has 2 nitrogen and oxygen atoms in total. The predicted molar refractivity (Wildman–Crippen MR) is 75.6 cm³/mol. The lowest BCUT2D eigenvalue weighted by Crippen LogP contribution is -2.25. The Morgan fingerprint density at radius 2 is 2.18 bits per heavy atom. The molecule has 2 rings (SSSR count). The van der Waals surface area contributed by atoms with E-state index in [1.807, 2.05) is 11.3 Å². The van der Waals surface area contributed by atoms with Gasteiger partial charge < -0.3 is 5.32 Å². The number of aryl methyl sites for hydroxylation is 1. The first kappa shape index (κ1) is 13.1. The van der Waals surface area contributed by atoms with Gasteiger partial charge in [0.25, 0.3) is 0 Å². The molecule has 0 amide bonds. The summed E-state index contributed by atoms with van der Waals surface area (Å²) < 4.78 is 0. The molecule has 2 heterocycles. The van der Waals surface area contributed by atoms with Crippen LogP contribution >= 0.6 is 11.3 Å². The molecule has 1 atom stereocenters. The predicted octanol–water partition coefficient (Wildman–Crippen LogP) is 2.74. The van der Waals surface area contributed by atoms with Gasteiger partial charge in [-0.25, -0.2) is 0 Å². The van der Waals surface area contributed by atoms with Crippen molar-refractivity contribution in [2.75, 3.05) is 26.2 Å². The molecule has 1 aliphatic rings. The van der Waals surface area contributed by atoms with Crippen LogP contribution in [0.25, 0.3) is 0 Å². The summed E-state index contributed by atoms with van der Waals surface area (Å²) >= 11 is 1.98. The van der Waals surface area contributed by atoms with Gasteiger partial charge in [-0.1, -0.05) is 13.8 Å². The van der Waals surface area contributed by atoms with Gasteiger partial charge in [0.1, 0.15) is 0 Å². The number of hydrogen-bond acceptors (Lipinski definition) is 3. The third-order valence-corrected chi connectivity index (χ3v) is 4.71. The second-order valence-corrected chi connectivity index (χ2v) is 6.17. The van der Waals surface area contributed by atoms with Gasteiger partial charge in [-0.3, -0.25) is 4.90 Å². The number of likely N-dealkylation sites (tertiary alicyclic amines) is 1. The van der Waals surface area contributed by atoms with Crippen molar-refractivity contribution in [3.8, 4) is 0 Å². The average Bonchev–Trinajstić information content (AvgIpc) is 2.96. The standard InChI is InChI=1S/C14H24N2S/c1-3-13-5-6-14(17-13)11-16-8-7-12(10-16)9-15-4-2/h5-6,12,15H,3-4,7-11H2,1-2H3. The van der Waals surface area contributed by atoms with E-state index in [1.165, 1.54) is 42.2 Å². The van der Waals surface area contributed by atoms with E-state index >= 15 is 0 Å². The molecule has 0 bridgehead atoms. The number of hydrogen-bond donors (Lipinski definition) is 1. The summed E-state index contributed by atoms with van der Waals surface area (Å²) in [6.07, 6.45) is 2.53. The molecule has 1 aromatic heterocycles. The zero-order chi connectivity index (χ0) is 12.1. The first-order valence-corrected chi connectivity index (χ1v) is 7.64. The SMILES string of the molecule is CCNCC1CCN(Cc2ccc(CC)s2)C1. The minimum atomic E-state index is 0.862. The van der Waals surface area contributed by atoms with E-state index in [0.717, 1.165) is 19.0 Å². The van der Waals surface area contributed by atoms with Gasteiger partial charge in [0.2, 0.25) is 0 Å². The summed E-state index contributed by atoms with van der Waals surface area (Å²) in [4.78, 5) is 5.65. The zero-order valence-electron chi connectivity index (χ0n) is 11.0. The Morgan fingerprint density at radius 3 is 2.88 bits per heavy atom. The quantitative estimate of drug-likeness (QED) is 0.837. The molecule has 0 saturated carbocycles. The van der Waals surface area contributed by atoms with E-state index in [0.29, 0.717) is 0 Å². The number of nitrogens with zero attached hydrogens (tertiary/aromatic N) is 1. The lowest BCUT2D eigenvalue weighted by Gasteiger charge is -2.15. The summed E-state index contributed by atoms with van der Waals surface area (Å²) in [5.74, 6) is 0.862. The van der Waals surface area contributed by atoms with E-state index in [2.05, 4.69) is 36.2 Å². The van der Waals surface area contributed by atoms with Crippen LogP contribution in [-0.2, 0) is 13.0 Å². The molecule has 0 spiro atoms. The molecular weight excluding hydrogens is 228 g/mol. The van der Waals surface area contributed by atoms with Crippen molar-refractivity contribution in [1.29, 1.82) is 0 Å². The Morgan fingerprint density at radius 1 is 1.35 bits per heavy atom. The summed E-state index contributed by atoms with van der Waals surface area (Å²) in [5, 5.41) is 3.46. The van der Waals surface area contributed by atoms with Crippen molar-refractivity contribution >= 4 is 11.3 Å². The lowest BCUT2D eigenvalue weighted by atomic mass is 10.1. The van der Waals surface area contributed by atoms with E-state index in [4.69, 9.17) is 0 Å². The van der Waals surface area contributed by atoms with Crippen molar-refractivity contribution in [2.24, 2.45) is 5.92 Å². The van der Waals surface area contributed by atoms with Gasteiger partial charge in [0, 0.05) is 22.8 Å². The molecule has 0 aliphatic carbocycles. The highest BCUT2D eigenvalue weighted by molar-refractivity contribution is 7.11. The Balaban J connectivity index is 1.77. The summed E-state index contributed by atoms with van der Waals surface area (Å²) in [5.41, 5.74) is 0. The monoisotopic (exact) mass is 252 g/mol. The largest absolute Gasteiger partial charge is 0.317 e. The fourth-order valence-electron chi connectivity index (χ4n) is 2.49. The molecule has 1 fully saturated rings. The minimum Gasteiger partial charge on any atom is -0.317 e. The average molecular weight is 252 g/mol. The van der Waals surface area contributed by atoms with Crippen molar-refractivity contribution < 1.29 is 0 Å². The summed E-state index contributed by atoms with van der Waals surface area (Å²) in [6, 6.07) is 4.59. The zero-order valence-corrected chi connectivity index (χ0v) is 11.9. The molecule has 1 saturated heterocycles. The van der Waals surface area contributed by atoms with Crippen molar-refractivity contribution in [1.82, 2.24) is 10.2 Å². The molecule has 1 aliphatic heterocycles. The highest BCUT2D eigenvalue weighted by Crippen LogP contribution is 2.22. The van der Waals surface area contributed by atoms with Crippen LogP contribution in [0.3, 0.4) is 0 Å². The van der Waals surface area contributed by atoms with Crippen molar-refractivity contribution in [3.05, 3.63) is 21.9 Å². The van der Waals surface area contributed by atoms with Crippen LogP contribution in [-0.4, -0.2) is 31.1 Å². The second kappa shape index (κ2) is 6.53. The van der Waals surface area contributed by atoms with Crippen LogP contribution in [0.4, 0.5) is 0 Å². The fourth-order valence-corrected chi connectivity index (χ4v) is 3.49. The lowest BCUT2D eigenvalue weighted by molar-refractivity contribution is 0.317. The Bertz CT molecular complexity index is 335. The van der Waals surface area contributed by atoms with E-state index in [1.54, 1.807) is 0 Å². The Labute approximate surface area is 109 Å². The molecule has 0 aromatic carbocycles. The molecular formula is C14H24N2S. The molecule has 0 radical (unpaired) electrons. The highest BCUT2D eigenvalue weighted by atomic mass is 32.1. The third-order valence-electron chi connectivity index (χ3n) is 3.50. The van der Waals surface area contributed by atoms with Crippen molar-refractivity contribution in [3.63, 3.8) is 0 Å². The number of rotatable bonds is 6. The fraction of sp³-hybridized carbons (Fsp3) is 0.714. The first-order chi connectivity index (χ1) is 8.31. The Hall–Kier alpha value is -0.380. The molecule has 1 N–H and O–H groups in total. The van der Waals surface area contributed by atoms with Crippen LogP contribution in [0, 0.1) is 5.92 Å². The maximum absolute atomic E-state index is 3.46. The van der Waals surface area contributed by atoms with Crippen LogP contribution in [0.1, 0.15) is 30.0 Å². The highest BCUT2D eigenvalue weighted by Gasteiger charge is 2.22. The minimum absolute atomic E-state index is 0.862. The van der Waals surface area contributed by atoms with Crippen LogP contribution in [0.15, 0.2) is 12.1 Å². The molecule has 17 heavy (non-hydrogen) atoms. The maximum atomic E-state index is 3.46. The summed E-state index contributed by atoms with van der Waals surface area (Å²) in [6.45, 7) is 10.4. The van der Waals surface area contributed by atoms with Gasteiger partial charge in [0.05, 0.1) is 0 Å². The van der Waals surface area contributed by atoms with Gasteiger partial charge in [0.15, 0.2) is 0 Å². The van der Waals surface area contributed by atoms with Gasteiger partial charge in [-0.05, 0) is 50.5 Å². The maximum Gasteiger partial charge on any atom is 0.0328 e. The molecule has 1 aromatic rings. The van der Waals surface area contributed by atoms with Gasteiger partial charge in [-0.2, -0.15) is 0 Å². The Kier molecular flexibility index (Phi) is 5.01. The van der Waals surface area contributed by atoms with Gasteiger partial charge in [-0.15, -0.1) is 11.3 Å². The molecule has 96 valence electrons. The number of nitrogens with one attached hydrogen (secondary N) is 1. The normalized spacial score (nSPS) is 21.2. The summed E-state index contributed by atoms with van der Waals surface area (Å²) in [7, 11) is 0. The van der Waals surface area contributed by atoms with E-state index in [9.17, 15) is 0 Å². The van der Waals surface area contributed by atoms with E-state index in [-0.39, 0.29) is 0 Å². The second-order valence-electron chi connectivity index (χ2n) is 4.92. The van der Waals surface area contributed by atoms with Crippen LogP contribution in [0.5, 0.6) is 0 Å².